The highest BCUT2D eigenvalue weighted by Gasteiger charge is 2.16. The van der Waals surface area contributed by atoms with E-state index in [1.807, 2.05) is 60.8 Å². The predicted octanol–water partition coefficient (Wildman–Crippen LogP) is 8.32. The molecule has 0 aliphatic heterocycles. The Hall–Kier alpha value is -4.61. The summed E-state index contributed by atoms with van der Waals surface area (Å²) in [6.07, 6.45) is 1.63. The van der Waals surface area contributed by atoms with Gasteiger partial charge in [0.15, 0.2) is 5.13 Å². The molecular formula is C35H29Cl2N5O3S2. The minimum absolute atomic E-state index is 0.0802. The Morgan fingerprint density at radius 2 is 1.66 bits per heavy atom. The fourth-order valence-corrected chi connectivity index (χ4v) is 6.28. The Balaban J connectivity index is 1.23. The number of nitrogens with one attached hydrogen (secondary N) is 3. The molecule has 47 heavy (non-hydrogen) atoms. The van der Waals surface area contributed by atoms with E-state index < -0.39 is 11.8 Å². The van der Waals surface area contributed by atoms with Gasteiger partial charge in [0.1, 0.15) is 5.70 Å². The third-order valence-electron chi connectivity index (χ3n) is 6.67. The lowest BCUT2D eigenvalue weighted by Gasteiger charge is -2.14. The summed E-state index contributed by atoms with van der Waals surface area (Å²) in [6.45, 7) is 0. The molecule has 0 atom stereocenters. The van der Waals surface area contributed by atoms with Gasteiger partial charge in [-0.2, -0.15) is 0 Å². The molecule has 4 aromatic carbocycles. The van der Waals surface area contributed by atoms with Crippen molar-refractivity contribution >= 4 is 86.6 Å². The number of anilines is 3. The van der Waals surface area contributed by atoms with E-state index in [2.05, 4.69) is 20.9 Å². The standard InChI is InChI=1S/C35H29Cl2N5O3S2/c1-42(2)26-14-11-22(12-15-26)17-30(39-33(44)23-7-4-3-5-8-23)34(45)38-25-9-6-10-27(19-25)46-21-32(43)41-35-40-31(20-47-35)28-16-13-24(36)18-29(28)37/h3-20H,21H2,1-2H3,(H,38,45)(H,39,44)(H,40,41,43)/b30-17+. The van der Waals surface area contributed by atoms with Crippen LogP contribution in [0, 0.1) is 0 Å². The predicted molar refractivity (Wildman–Crippen MR) is 195 cm³/mol. The van der Waals surface area contributed by atoms with E-state index in [4.69, 9.17) is 23.2 Å². The number of halogens is 2. The van der Waals surface area contributed by atoms with Gasteiger partial charge in [0.05, 0.1) is 16.5 Å². The number of thioether (sulfide) groups is 1. The maximum Gasteiger partial charge on any atom is 0.272 e. The summed E-state index contributed by atoms with van der Waals surface area (Å²) >= 11 is 14.9. The number of amides is 3. The number of thiazole rings is 1. The van der Waals surface area contributed by atoms with Gasteiger partial charge in [-0.25, -0.2) is 4.98 Å². The highest BCUT2D eigenvalue weighted by molar-refractivity contribution is 8.00. The lowest BCUT2D eigenvalue weighted by Crippen LogP contribution is -2.30. The zero-order chi connectivity index (χ0) is 33.3. The number of hydrogen-bond acceptors (Lipinski definition) is 7. The monoisotopic (exact) mass is 701 g/mol. The zero-order valence-corrected chi connectivity index (χ0v) is 28.4. The van der Waals surface area contributed by atoms with Crippen molar-refractivity contribution in [1.29, 1.82) is 0 Å². The van der Waals surface area contributed by atoms with Crippen LogP contribution in [0.1, 0.15) is 15.9 Å². The number of aromatic nitrogens is 1. The van der Waals surface area contributed by atoms with Crippen molar-refractivity contribution in [2.75, 3.05) is 35.4 Å². The van der Waals surface area contributed by atoms with Crippen LogP contribution in [0.15, 0.2) is 113 Å². The lowest BCUT2D eigenvalue weighted by atomic mass is 10.1. The molecule has 5 rings (SSSR count). The highest BCUT2D eigenvalue weighted by Crippen LogP contribution is 2.32. The minimum atomic E-state index is -0.494. The Morgan fingerprint density at radius 3 is 2.38 bits per heavy atom. The molecule has 0 unspecified atom stereocenters. The molecule has 12 heteroatoms. The molecule has 0 bridgehead atoms. The number of nitrogens with zero attached hydrogens (tertiary/aromatic N) is 2. The summed E-state index contributed by atoms with van der Waals surface area (Å²) in [4.78, 5) is 46.4. The van der Waals surface area contributed by atoms with E-state index in [0.29, 0.717) is 32.1 Å². The van der Waals surface area contributed by atoms with E-state index >= 15 is 0 Å². The van der Waals surface area contributed by atoms with E-state index in [0.717, 1.165) is 21.7 Å². The van der Waals surface area contributed by atoms with Gasteiger partial charge >= 0.3 is 0 Å². The van der Waals surface area contributed by atoms with Crippen molar-refractivity contribution in [1.82, 2.24) is 10.3 Å². The van der Waals surface area contributed by atoms with Gasteiger partial charge in [0, 0.05) is 51.9 Å². The Bertz CT molecular complexity index is 1930. The van der Waals surface area contributed by atoms with Gasteiger partial charge in [0.25, 0.3) is 11.8 Å². The molecule has 1 aromatic heterocycles. The fourth-order valence-electron chi connectivity index (χ4n) is 4.30. The number of carbonyl (C=O) groups excluding carboxylic acids is 3. The number of rotatable bonds is 11. The Kier molecular flexibility index (Phi) is 11.3. The average Bonchev–Trinajstić information content (AvgIpc) is 3.52. The molecule has 0 saturated carbocycles. The van der Waals surface area contributed by atoms with Crippen LogP contribution in [0.4, 0.5) is 16.5 Å². The number of benzene rings is 4. The fraction of sp³-hybridized carbons (Fsp3) is 0.0857. The van der Waals surface area contributed by atoms with Gasteiger partial charge in [-0.15, -0.1) is 23.1 Å². The van der Waals surface area contributed by atoms with Crippen molar-refractivity contribution in [3.8, 4) is 11.3 Å². The van der Waals surface area contributed by atoms with Gasteiger partial charge in [-0.05, 0) is 72.3 Å². The molecule has 3 N–H and O–H groups in total. The van der Waals surface area contributed by atoms with Gasteiger partial charge in [-0.3, -0.25) is 14.4 Å². The molecule has 3 amide bonds. The van der Waals surface area contributed by atoms with Crippen molar-refractivity contribution in [2.45, 2.75) is 4.90 Å². The Labute approximate surface area is 290 Å². The molecule has 0 saturated heterocycles. The number of carbonyl (C=O) groups is 3. The third kappa shape index (κ3) is 9.46. The molecule has 0 spiro atoms. The first kappa shape index (κ1) is 33.7. The summed E-state index contributed by atoms with van der Waals surface area (Å²) in [7, 11) is 3.89. The summed E-state index contributed by atoms with van der Waals surface area (Å²) in [5.74, 6) is -1.02. The maximum absolute atomic E-state index is 13.5. The number of hydrogen-bond donors (Lipinski definition) is 3. The highest BCUT2D eigenvalue weighted by atomic mass is 35.5. The molecule has 1 heterocycles. The lowest BCUT2D eigenvalue weighted by molar-refractivity contribution is -0.114. The van der Waals surface area contributed by atoms with Crippen LogP contribution >= 0.6 is 46.3 Å². The van der Waals surface area contributed by atoms with Crippen LogP contribution in [0.5, 0.6) is 0 Å². The van der Waals surface area contributed by atoms with Crippen LogP contribution in [-0.2, 0) is 9.59 Å². The van der Waals surface area contributed by atoms with Crippen molar-refractivity contribution in [3.05, 3.63) is 129 Å². The normalized spacial score (nSPS) is 11.1. The molecule has 0 aliphatic rings. The first-order chi connectivity index (χ1) is 22.6. The van der Waals surface area contributed by atoms with Crippen molar-refractivity contribution in [2.24, 2.45) is 0 Å². The van der Waals surface area contributed by atoms with Gasteiger partial charge in [0.2, 0.25) is 5.91 Å². The summed E-state index contributed by atoms with van der Waals surface area (Å²) in [5, 5.41) is 11.7. The van der Waals surface area contributed by atoms with Gasteiger partial charge < -0.3 is 20.9 Å². The molecule has 0 radical (unpaired) electrons. The first-order valence-corrected chi connectivity index (χ1v) is 16.9. The molecule has 0 fully saturated rings. The summed E-state index contributed by atoms with van der Waals surface area (Å²) in [5.41, 5.74) is 4.12. The second kappa shape index (κ2) is 15.8. The van der Waals surface area contributed by atoms with E-state index in [1.54, 1.807) is 66.7 Å². The third-order valence-corrected chi connectivity index (χ3v) is 8.97. The quantitative estimate of drug-likeness (QED) is 0.0945. The molecule has 8 nitrogen and oxygen atoms in total. The minimum Gasteiger partial charge on any atom is -0.378 e. The second-order valence-corrected chi connectivity index (χ2v) is 13.1. The second-order valence-electron chi connectivity index (χ2n) is 10.3. The molecule has 238 valence electrons. The maximum atomic E-state index is 13.5. The van der Waals surface area contributed by atoms with Crippen molar-refractivity contribution in [3.63, 3.8) is 0 Å². The summed E-state index contributed by atoms with van der Waals surface area (Å²) in [6, 6.07) is 28.6. The first-order valence-electron chi connectivity index (χ1n) is 14.2. The van der Waals surface area contributed by atoms with Crippen molar-refractivity contribution < 1.29 is 14.4 Å². The van der Waals surface area contributed by atoms with Crippen LogP contribution in [-0.4, -0.2) is 42.6 Å². The van der Waals surface area contributed by atoms with E-state index in [1.165, 1.54) is 23.1 Å². The van der Waals surface area contributed by atoms with Crippen LogP contribution in [0.25, 0.3) is 17.3 Å². The van der Waals surface area contributed by atoms with Crippen LogP contribution in [0.3, 0.4) is 0 Å². The summed E-state index contributed by atoms with van der Waals surface area (Å²) < 4.78 is 0. The molecule has 5 aromatic rings. The largest absolute Gasteiger partial charge is 0.378 e. The molecular weight excluding hydrogens is 673 g/mol. The van der Waals surface area contributed by atoms with E-state index in [9.17, 15) is 14.4 Å². The molecule has 0 aliphatic carbocycles. The van der Waals surface area contributed by atoms with Gasteiger partial charge in [-0.1, -0.05) is 59.6 Å². The average molecular weight is 703 g/mol. The van der Waals surface area contributed by atoms with Crippen LogP contribution < -0.4 is 20.9 Å². The Morgan fingerprint density at radius 1 is 0.894 bits per heavy atom. The van der Waals surface area contributed by atoms with E-state index in [-0.39, 0.29) is 17.4 Å². The smallest absolute Gasteiger partial charge is 0.272 e. The van der Waals surface area contributed by atoms with Crippen LogP contribution in [0.2, 0.25) is 10.0 Å². The SMILES string of the molecule is CN(C)c1ccc(/C=C(/NC(=O)c2ccccc2)C(=O)Nc2cccc(SCC(=O)Nc3nc(-c4ccc(Cl)cc4Cl)cs3)c2)cc1. The zero-order valence-electron chi connectivity index (χ0n) is 25.3. The topological polar surface area (TPSA) is 103 Å².